The van der Waals surface area contributed by atoms with Crippen LogP contribution in [-0.4, -0.2) is 14.8 Å². The van der Waals surface area contributed by atoms with Crippen molar-refractivity contribution in [2.75, 3.05) is 0 Å². The minimum atomic E-state index is 0.463. The average molecular weight is 426 g/mol. The first-order chi connectivity index (χ1) is 12.8. The molecule has 1 heterocycles. The molecular weight excluding hydrogens is 406 g/mol. The lowest BCUT2D eigenvalue weighted by molar-refractivity contribution is 0.677. The zero-order chi connectivity index (χ0) is 17.9. The summed E-state index contributed by atoms with van der Waals surface area (Å²) in [6.45, 7) is 4.66. The van der Waals surface area contributed by atoms with Crippen molar-refractivity contribution in [3.63, 3.8) is 0 Å². The largest absolute Gasteiger partial charge is 0.302 e. The molecule has 0 amide bonds. The SMILES string of the molecule is C=CCn1c(SCc2cccc(Br)c2)nnc1C1CC1c1ccccc1. The van der Waals surface area contributed by atoms with E-state index in [0.717, 1.165) is 34.2 Å². The van der Waals surface area contributed by atoms with E-state index in [4.69, 9.17) is 0 Å². The van der Waals surface area contributed by atoms with E-state index < -0.39 is 0 Å². The van der Waals surface area contributed by atoms with Gasteiger partial charge in [0, 0.05) is 22.7 Å². The minimum Gasteiger partial charge on any atom is -0.302 e. The van der Waals surface area contributed by atoms with E-state index in [1.165, 1.54) is 11.1 Å². The summed E-state index contributed by atoms with van der Waals surface area (Å²) >= 11 is 5.26. The number of benzene rings is 2. The van der Waals surface area contributed by atoms with Gasteiger partial charge in [0.2, 0.25) is 0 Å². The van der Waals surface area contributed by atoms with Crippen LogP contribution < -0.4 is 0 Å². The predicted molar refractivity (Wildman–Crippen MR) is 110 cm³/mol. The Morgan fingerprint density at radius 1 is 1.12 bits per heavy atom. The van der Waals surface area contributed by atoms with Crippen molar-refractivity contribution >= 4 is 27.7 Å². The lowest BCUT2D eigenvalue weighted by Crippen LogP contribution is -2.03. The highest BCUT2D eigenvalue weighted by Crippen LogP contribution is 2.54. The fraction of sp³-hybridized carbons (Fsp3) is 0.238. The van der Waals surface area contributed by atoms with Crippen molar-refractivity contribution < 1.29 is 0 Å². The second-order valence-electron chi connectivity index (χ2n) is 6.52. The highest BCUT2D eigenvalue weighted by Gasteiger charge is 2.43. The molecule has 2 unspecified atom stereocenters. The van der Waals surface area contributed by atoms with Gasteiger partial charge in [-0.3, -0.25) is 0 Å². The molecule has 2 atom stereocenters. The molecule has 4 rings (SSSR count). The van der Waals surface area contributed by atoms with Crippen LogP contribution in [0.1, 0.15) is 35.2 Å². The molecule has 3 nitrogen and oxygen atoms in total. The molecule has 0 saturated heterocycles. The van der Waals surface area contributed by atoms with Gasteiger partial charge in [-0.15, -0.1) is 16.8 Å². The van der Waals surface area contributed by atoms with E-state index in [1.807, 2.05) is 12.1 Å². The number of allylic oxidation sites excluding steroid dienone is 1. The summed E-state index contributed by atoms with van der Waals surface area (Å²) in [4.78, 5) is 0. The molecule has 0 bridgehead atoms. The Kier molecular flexibility index (Phi) is 5.27. The monoisotopic (exact) mass is 425 g/mol. The summed E-state index contributed by atoms with van der Waals surface area (Å²) in [5.41, 5.74) is 2.67. The number of halogens is 1. The van der Waals surface area contributed by atoms with E-state index in [-0.39, 0.29) is 0 Å². The highest BCUT2D eigenvalue weighted by molar-refractivity contribution is 9.10. The Hall–Kier alpha value is -1.85. The van der Waals surface area contributed by atoms with Gasteiger partial charge in [0.05, 0.1) is 0 Å². The van der Waals surface area contributed by atoms with Gasteiger partial charge >= 0.3 is 0 Å². The van der Waals surface area contributed by atoms with Crippen molar-refractivity contribution in [1.82, 2.24) is 14.8 Å². The van der Waals surface area contributed by atoms with Crippen LogP contribution in [0.2, 0.25) is 0 Å². The Morgan fingerprint density at radius 3 is 2.73 bits per heavy atom. The van der Waals surface area contributed by atoms with Gasteiger partial charge in [-0.1, -0.05) is 76.2 Å². The molecule has 132 valence electrons. The lowest BCUT2D eigenvalue weighted by Gasteiger charge is -2.08. The van der Waals surface area contributed by atoms with E-state index in [1.54, 1.807) is 11.8 Å². The van der Waals surface area contributed by atoms with Gasteiger partial charge in [-0.25, -0.2) is 0 Å². The third kappa shape index (κ3) is 3.79. The zero-order valence-corrected chi connectivity index (χ0v) is 16.8. The molecule has 26 heavy (non-hydrogen) atoms. The number of thioether (sulfide) groups is 1. The van der Waals surface area contributed by atoms with Gasteiger partial charge in [0.25, 0.3) is 0 Å². The number of nitrogens with zero attached hydrogens (tertiary/aromatic N) is 3. The molecule has 2 aromatic carbocycles. The van der Waals surface area contributed by atoms with Gasteiger partial charge in [0.1, 0.15) is 5.82 Å². The molecule has 1 fully saturated rings. The summed E-state index contributed by atoms with van der Waals surface area (Å²) in [7, 11) is 0. The maximum Gasteiger partial charge on any atom is 0.191 e. The molecule has 1 saturated carbocycles. The number of hydrogen-bond donors (Lipinski definition) is 0. The normalized spacial score (nSPS) is 18.7. The Balaban J connectivity index is 1.51. The molecule has 0 N–H and O–H groups in total. The predicted octanol–water partition coefficient (Wildman–Crippen LogP) is 5.79. The number of hydrogen-bond acceptors (Lipinski definition) is 3. The van der Waals surface area contributed by atoms with Gasteiger partial charge in [-0.2, -0.15) is 0 Å². The molecule has 1 aliphatic rings. The third-order valence-electron chi connectivity index (χ3n) is 4.66. The van der Waals surface area contributed by atoms with Crippen molar-refractivity contribution in [2.24, 2.45) is 0 Å². The smallest absolute Gasteiger partial charge is 0.191 e. The van der Waals surface area contributed by atoms with Crippen molar-refractivity contribution in [3.05, 3.63) is 88.7 Å². The summed E-state index contributed by atoms with van der Waals surface area (Å²) in [5.74, 6) is 2.99. The molecule has 0 aliphatic heterocycles. The quantitative estimate of drug-likeness (QED) is 0.354. The van der Waals surface area contributed by atoms with E-state index >= 15 is 0 Å². The fourth-order valence-corrected chi connectivity index (χ4v) is 4.65. The second-order valence-corrected chi connectivity index (χ2v) is 8.38. The molecule has 0 spiro atoms. The molecule has 5 heteroatoms. The molecule has 0 radical (unpaired) electrons. The van der Waals surface area contributed by atoms with Crippen LogP contribution in [0, 0.1) is 0 Å². The van der Waals surface area contributed by atoms with E-state index in [2.05, 4.69) is 85.8 Å². The van der Waals surface area contributed by atoms with Crippen LogP contribution in [0.25, 0.3) is 0 Å². The van der Waals surface area contributed by atoms with Crippen molar-refractivity contribution in [3.8, 4) is 0 Å². The number of aromatic nitrogens is 3. The summed E-state index contributed by atoms with van der Waals surface area (Å²) in [6, 6.07) is 19.1. The standard InChI is InChI=1S/C21H20BrN3S/c1-2-11-25-20(19-13-18(19)16-8-4-3-5-9-16)23-24-21(25)26-14-15-7-6-10-17(22)12-15/h2-10,12,18-19H,1,11,13-14H2. The fourth-order valence-electron chi connectivity index (χ4n) is 3.31. The molecule has 1 aliphatic carbocycles. The second kappa shape index (κ2) is 7.80. The topological polar surface area (TPSA) is 30.7 Å². The van der Waals surface area contributed by atoms with Crippen molar-refractivity contribution in [2.45, 2.75) is 35.7 Å². The third-order valence-corrected chi connectivity index (χ3v) is 6.20. The molecular formula is C21H20BrN3S. The van der Waals surface area contributed by atoms with Crippen LogP contribution >= 0.6 is 27.7 Å². The van der Waals surface area contributed by atoms with E-state index in [9.17, 15) is 0 Å². The van der Waals surface area contributed by atoms with Crippen LogP contribution in [-0.2, 0) is 12.3 Å². The van der Waals surface area contributed by atoms with Gasteiger partial charge in [-0.05, 0) is 35.6 Å². The Morgan fingerprint density at radius 2 is 1.96 bits per heavy atom. The zero-order valence-electron chi connectivity index (χ0n) is 14.4. The maximum absolute atomic E-state index is 4.54. The first-order valence-corrected chi connectivity index (χ1v) is 10.5. The maximum atomic E-state index is 4.54. The first kappa shape index (κ1) is 17.6. The average Bonchev–Trinajstić information content (AvgIpc) is 3.36. The van der Waals surface area contributed by atoms with Crippen LogP contribution in [0.15, 0.2) is 76.9 Å². The van der Waals surface area contributed by atoms with Gasteiger partial charge in [0.15, 0.2) is 5.16 Å². The molecule has 1 aromatic heterocycles. The first-order valence-electron chi connectivity index (χ1n) is 8.72. The van der Waals surface area contributed by atoms with Crippen LogP contribution in [0.3, 0.4) is 0 Å². The van der Waals surface area contributed by atoms with Crippen molar-refractivity contribution in [1.29, 1.82) is 0 Å². The van der Waals surface area contributed by atoms with E-state index in [0.29, 0.717) is 11.8 Å². The highest BCUT2D eigenvalue weighted by atomic mass is 79.9. The summed E-state index contributed by atoms with van der Waals surface area (Å²) < 4.78 is 3.33. The van der Waals surface area contributed by atoms with Crippen LogP contribution in [0.5, 0.6) is 0 Å². The lowest BCUT2D eigenvalue weighted by atomic mass is 10.1. The van der Waals surface area contributed by atoms with Gasteiger partial charge < -0.3 is 4.57 Å². The van der Waals surface area contributed by atoms with Crippen LogP contribution in [0.4, 0.5) is 0 Å². The molecule has 3 aromatic rings. The summed E-state index contributed by atoms with van der Waals surface area (Å²) in [5, 5.41) is 9.99. The Bertz CT molecular complexity index is 907. The summed E-state index contributed by atoms with van der Waals surface area (Å²) in [6.07, 6.45) is 3.07. The minimum absolute atomic E-state index is 0.463. The number of rotatable bonds is 7. The Labute approximate surface area is 166 Å².